The van der Waals surface area contributed by atoms with Gasteiger partial charge in [0.25, 0.3) is 11.8 Å². The van der Waals surface area contributed by atoms with Crippen LogP contribution in [0.4, 0.5) is 17.2 Å². The van der Waals surface area contributed by atoms with Gasteiger partial charge in [-0.3, -0.25) is 9.59 Å². The van der Waals surface area contributed by atoms with E-state index < -0.39 is 0 Å². The number of benzene rings is 2. The summed E-state index contributed by atoms with van der Waals surface area (Å²) in [5.74, 6) is 0.971. The average molecular weight is 362 g/mol. The summed E-state index contributed by atoms with van der Waals surface area (Å²) in [7, 11) is 0. The SMILES string of the molecule is O=C1COc2cc(NCc3cccc(C(=O)Nc4ccc[nH]4)c3)ccc2N1. The van der Waals surface area contributed by atoms with Crippen LogP contribution >= 0.6 is 0 Å². The fourth-order valence-corrected chi connectivity index (χ4v) is 2.81. The van der Waals surface area contributed by atoms with Crippen LogP contribution < -0.4 is 20.7 Å². The molecule has 0 atom stereocenters. The van der Waals surface area contributed by atoms with Gasteiger partial charge in [0.05, 0.1) is 5.69 Å². The van der Waals surface area contributed by atoms with E-state index in [0.717, 1.165) is 11.3 Å². The first kappa shape index (κ1) is 16.7. The largest absolute Gasteiger partial charge is 0.482 e. The number of carbonyl (C=O) groups is 2. The number of rotatable bonds is 5. The fourth-order valence-electron chi connectivity index (χ4n) is 2.81. The Morgan fingerprint density at radius 1 is 1.11 bits per heavy atom. The zero-order chi connectivity index (χ0) is 18.6. The quantitative estimate of drug-likeness (QED) is 0.560. The number of H-pyrrole nitrogens is 1. The highest BCUT2D eigenvalue weighted by Gasteiger charge is 2.15. The Balaban J connectivity index is 1.41. The minimum Gasteiger partial charge on any atom is -0.482 e. The second-order valence-corrected chi connectivity index (χ2v) is 6.14. The Labute approximate surface area is 155 Å². The molecular weight excluding hydrogens is 344 g/mol. The Morgan fingerprint density at radius 3 is 2.89 bits per heavy atom. The molecule has 1 aromatic heterocycles. The first-order valence-electron chi connectivity index (χ1n) is 8.52. The summed E-state index contributed by atoms with van der Waals surface area (Å²) in [6, 6.07) is 16.6. The molecule has 0 radical (unpaired) electrons. The van der Waals surface area contributed by atoms with E-state index in [1.165, 1.54) is 0 Å². The minimum absolute atomic E-state index is 0.0222. The normalized spacial score (nSPS) is 12.5. The highest BCUT2D eigenvalue weighted by atomic mass is 16.5. The van der Waals surface area contributed by atoms with Crippen molar-refractivity contribution in [2.75, 3.05) is 22.6 Å². The van der Waals surface area contributed by atoms with Crippen LogP contribution in [0.3, 0.4) is 0 Å². The van der Waals surface area contributed by atoms with Gasteiger partial charge < -0.3 is 25.7 Å². The average Bonchev–Trinajstić information content (AvgIpc) is 3.19. The highest BCUT2D eigenvalue weighted by molar-refractivity contribution is 6.03. The van der Waals surface area contributed by atoms with Crippen LogP contribution in [-0.2, 0) is 11.3 Å². The lowest BCUT2D eigenvalue weighted by molar-refractivity contribution is -0.118. The summed E-state index contributed by atoms with van der Waals surface area (Å²) >= 11 is 0. The molecule has 0 aliphatic carbocycles. The molecule has 7 heteroatoms. The van der Waals surface area contributed by atoms with Gasteiger partial charge in [0, 0.05) is 30.1 Å². The first-order chi connectivity index (χ1) is 13.2. The molecule has 0 bridgehead atoms. The van der Waals surface area contributed by atoms with Gasteiger partial charge in [-0.25, -0.2) is 0 Å². The molecule has 136 valence electrons. The van der Waals surface area contributed by atoms with Crippen LogP contribution in [0, 0.1) is 0 Å². The van der Waals surface area contributed by atoms with E-state index in [4.69, 9.17) is 4.74 Å². The number of aromatic amines is 1. The van der Waals surface area contributed by atoms with Crippen molar-refractivity contribution in [3.8, 4) is 5.75 Å². The third-order valence-corrected chi connectivity index (χ3v) is 4.15. The molecule has 2 aromatic carbocycles. The predicted molar refractivity (Wildman–Crippen MR) is 103 cm³/mol. The summed E-state index contributed by atoms with van der Waals surface area (Å²) < 4.78 is 5.42. The Kier molecular flexibility index (Phi) is 4.49. The van der Waals surface area contributed by atoms with Gasteiger partial charge in [0.15, 0.2) is 6.61 Å². The molecule has 7 nitrogen and oxygen atoms in total. The second kappa shape index (κ2) is 7.25. The van der Waals surface area contributed by atoms with E-state index in [1.807, 2.05) is 36.4 Å². The van der Waals surface area contributed by atoms with E-state index >= 15 is 0 Å². The van der Waals surface area contributed by atoms with Gasteiger partial charge in [0.1, 0.15) is 11.6 Å². The van der Waals surface area contributed by atoms with Crippen molar-refractivity contribution in [2.45, 2.75) is 6.54 Å². The molecule has 1 aliphatic rings. The number of hydrogen-bond acceptors (Lipinski definition) is 4. The number of nitrogens with one attached hydrogen (secondary N) is 4. The van der Waals surface area contributed by atoms with E-state index in [1.54, 1.807) is 24.4 Å². The van der Waals surface area contributed by atoms with Crippen molar-refractivity contribution < 1.29 is 14.3 Å². The molecule has 4 rings (SSSR count). The zero-order valence-corrected chi connectivity index (χ0v) is 14.4. The maximum Gasteiger partial charge on any atom is 0.262 e. The van der Waals surface area contributed by atoms with Crippen LogP contribution in [-0.4, -0.2) is 23.4 Å². The number of amides is 2. The number of aromatic nitrogens is 1. The molecule has 4 N–H and O–H groups in total. The summed E-state index contributed by atoms with van der Waals surface area (Å²) in [6.07, 6.45) is 1.75. The maximum absolute atomic E-state index is 12.3. The van der Waals surface area contributed by atoms with Crippen LogP contribution in [0.2, 0.25) is 0 Å². The van der Waals surface area contributed by atoms with Crippen LogP contribution in [0.5, 0.6) is 5.75 Å². The Bertz CT molecular complexity index is 983. The van der Waals surface area contributed by atoms with Crippen molar-refractivity contribution in [1.82, 2.24) is 4.98 Å². The zero-order valence-electron chi connectivity index (χ0n) is 14.4. The van der Waals surface area contributed by atoms with Gasteiger partial charge in [-0.1, -0.05) is 12.1 Å². The number of anilines is 3. The van der Waals surface area contributed by atoms with Crippen molar-refractivity contribution >= 4 is 29.0 Å². The Morgan fingerprint density at radius 2 is 2.04 bits per heavy atom. The van der Waals surface area contributed by atoms with Gasteiger partial charge in [-0.05, 0) is 42.0 Å². The molecule has 0 saturated heterocycles. The third-order valence-electron chi connectivity index (χ3n) is 4.15. The maximum atomic E-state index is 12.3. The molecule has 1 aliphatic heterocycles. The monoisotopic (exact) mass is 362 g/mol. The van der Waals surface area contributed by atoms with Crippen molar-refractivity contribution in [2.24, 2.45) is 0 Å². The number of ether oxygens (including phenoxy) is 1. The van der Waals surface area contributed by atoms with Gasteiger partial charge >= 0.3 is 0 Å². The van der Waals surface area contributed by atoms with Crippen molar-refractivity contribution in [1.29, 1.82) is 0 Å². The smallest absolute Gasteiger partial charge is 0.262 e. The van der Waals surface area contributed by atoms with Gasteiger partial charge in [-0.15, -0.1) is 0 Å². The molecule has 27 heavy (non-hydrogen) atoms. The summed E-state index contributed by atoms with van der Waals surface area (Å²) in [6.45, 7) is 0.573. The summed E-state index contributed by atoms with van der Waals surface area (Å²) in [4.78, 5) is 26.6. The Hall–Kier alpha value is -3.74. The highest BCUT2D eigenvalue weighted by Crippen LogP contribution is 2.30. The number of hydrogen-bond donors (Lipinski definition) is 4. The fraction of sp³-hybridized carbons (Fsp3) is 0.100. The first-order valence-corrected chi connectivity index (χ1v) is 8.52. The summed E-state index contributed by atoms with van der Waals surface area (Å²) in [5, 5.41) is 8.87. The molecule has 0 saturated carbocycles. The van der Waals surface area contributed by atoms with Gasteiger partial charge in [-0.2, -0.15) is 0 Å². The van der Waals surface area contributed by atoms with Crippen molar-refractivity contribution in [3.63, 3.8) is 0 Å². The van der Waals surface area contributed by atoms with E-state index in [2.05, 4.69) is 20.9 Å². The third kappa shape index (κ3) is 3.92. The molecule has 0 fully saturated rings. The van der Waals surface area contributed by atoms with E-state index in [-0.39, 0.29) is 18.4 Å². The lowest BCUT2D eigenvalue weighted by Gasteiger charge is -2.19. The van der Waals surface area contributed by atoms with E-state index in [0.29, 0.717) is 29.4 Å². The molecule has 2 heterocycles. The lowest BCUT2D eigenvalue weighted by Crippen LogP contribution is -2.25. The molecule has 2 amide bonds. The van der Waals surface area contributed by atoms with Crippen LogP contribution in [0.15, 0.2) is 60.8 Å². The van der Waals surface area contributed by atoms with Crippen LogP contribution in [0.1, 0.15) is 15.9 Å². The summed E-state index contributed by atoms with van der Waals surface area (Å²) in [5.41, 5.74) is 3.09. The second-order valence-electron chi connectivity index (χ2n) is 6.14. The number of carbonyl (C=O) groups excluding carboxylic acids is 2. The molecule has 0 spiro atoms. The lowest BCUT2D eigenvalue weighted by atomic mass is 10.1. The standard InChI is InChI=1S/C20H18N4O3/c25-19-12-27-17-10-15(6-7-16(17)23-19)22-11-13-3-1-4-14(9-13)20(26)24-18-5-2-8-21-18/h1-10,21-22H,11-12H2,(H,23,25)(H,24,26). The van der Waals surface area contributed by atoms with E-state index in [9.17, 15) is 9.59 Å². The predicted octanol–water partition coefficient (Wildman–Crippen LogP) is 3.21. The molecule has 3 aromatic rings. The van der Waals surface area contributed by atoms with Gasteiger partial charge in [0.2, 0.25) is 0 Å². The van der Waals surface area contributed by atoms with Crippen LogP contribution in [0.25, 0.3) is 0 Å². The topological polar surface area (TPSA) is 95.2 Å². The van der Waals surface area contributed by atoms with Crippen molar-refractivity contribution in [3.05, 3.63) is 71.9 Å². The number of fused-ring (bicyclic) bond motifs is 1. The molecule has 0 unspecified atom stereocenters. The molecular formula is C20H18N4O3. The minimum atomic E-state index is -0.169.